The first-order chi connectivity index (χ1) is 8.16. The molecule has 0 radical (unpaired) electrons. The third-order valence-electron chi connectivity index (χ3n) is 2.25. The quantitative estimate of drug-likeness (QED) is 0.883. The molecular formula is C12H12BrN3S. The standard InChI is InChI=1S/C12H12BrN3S/c1-8(14)9-2-3-11(10(13)6-9)17-12-4-5-15-7-16-12/h2-8H,14H2,1H3/t8-/m0/s1. The predicted molar refractivity (Wildman–Crippen MR) is 72.9 cm³/mol. The van der Waals surface area contributed by atoms with Crippen molar-refractivity contribution in [3.05, 3.63) is 46.8 Å². The van der Waals surface area contributed by atoms with E-state index in [4.69, 9.17) is 5.73 Å². The van der Waals surface area contributed by atoms with Crippen LogP contribution in [0.15, 0.2) is 51.2 Å². The Morgan fingerprint density at radius 2 is 2.18 bits per heavy atom. The zero-order valence-corrected chi connectivity index (χ0v) is 11.7. The van der Waals surface area contributed by atoms with Crippen LogP contribution in [-0.4, -0.2) is 9.97 Å². The molecule has 0 unspecified atom stereocenters. The normalized spacial score (nSPS) is 12.4. The van der Waals surface area contributed by atoms with Gasteiger partial charge in [0.1, 0.15) is 11.4 Å². The minimum Gasteiger partial charge on any atom is -0.324 e. The van der Waals surface area contributed by atoms with E-state index in [1.807, 2.05) is 25.1 Å². The van der Waals surface area contributed by atoms with Crippen LogP contribution in [-0.2, 0) is 0 Å². The number of benzene rings is 1. The summed E-state index contributed by atoms with van der Waals surface area (Å²) in [7, 11) is 0. The summed E-state index contributed by atoms with van der Waals surface area (Å²) in [6.45, 7) is 1.97. The molecule has 0 saturated heterocycles. The molecule has 17 heavy (non-hydrogen) atoms. The van der Waals surface area contributed by atoms with E-state index >= 15 is 0 Å². The van der Waals surface area contributed by atoms with Crippen molar-refractivity contribution in [3.8, 4) is 0 Å². The highest BCUT2D eigenvalue weighted by molar-refractivity contribution is 9.10. The van der Waals surface area contributed by atoms with Crippen LogP contribution in [0.5, 0.6) is 0 Å². The van der Waals surface area contributed by atoms with Crippen LogP contribution in [0.3, 0.4) is 0 Å². The molecule has 0 amide bonds. The Labute approximate surface area is 113 Å². The van der Waals surface area contributed by atoms with E-state index < -0.39 is 0 Å². The van der Waals surface area contributed by atoms with Gasteiger partial charge in [-0.25, -0.2) is 9.97 Å². The minimum absolute atomic E-state index is 0.0457. The lowest BCUT2D eigenvalue weighted by molar-refractivity contribution is 0.815. The molecule has 2 aromatic rings. The van der Waals surface area contributed by atoms with Crippen molar-refractivity contribution >= 4 is 27.7 Å². The zero-order valence-electron chi connectivity index (χ0n) is 9.30. The molecule has 0 bridgehead atoms. The van der Waals surface area contributed by atoms with Crippen molar-refractivity contribution < 1.29 is 0 Å². The second-order valence-corrected chi connectivity index (χ2v) is 5.54. The third kappa shape index (κ3) is 3.28. The molecule has 5 heteroatoms. The fourth-order valence-electron chi connectivity index (χ4n) is 1.33. The molecular weight excluding hydrogens is 298 g/mol. The lowest BCUT2D eigenvalue weighted by Gasteiger charge is -2.09. The van der Waals surface area contributed by atoms with Gasteiger partial charge in [-0.05, 0) is 46.6 Å². The summed E-state index contributed by atoms with van der Waals surface area (Å²) in [5, 5.41) is 0.925. The Kier molecular flexibility index (Phi) is 4.15. The molecule has 88 valence electrons. The number of hydrogen-bond acceptors (Lipinski definition) is 4. The maximum absolute atomic E-state index is 5.84. The van der Waals surface area contributed by atoms with E-state index in [9.17, 15) is 0 Å². The Morgan fingerprint density at radius 3 is 2.76 bits per heavy atom. The van der Waals surface area contributed by atoms with Gasteiger partial charge in [0, 0.05) is 21.6 Å². The van der Waals surface area contributed by atoms with Crippen LogP contribution >= 0.6 is 27.7 Å². The number of halogens is 1. The maximum atomic E-state index is 5.84. The van der Waals surface area contributed by atoms with Crippen LogP contribution in [0, 0.1) is 0 Å². The average Bonchev–Trinajstić information content (AvgIpc) is 2.33. The third-order valence-corrected chi connectivity index (χ3v) is 4.20. The summed E-state index contributed by atoms with van der Waals surface area (Å²) >= 11 is 5.15. The zero-order chi connectivity index (χ0) is 12.3. The molecule has 1 heterocycles. The molecule has 0 aliphatic rings. The van der Waals surface area contributed by atoms with Gasteiger partial charge >= 0.3 is 0 Å². The van der Waals surface area contributed by atoms with Crippen LogP contribution in [0.2, 0.25) is 0 Å². The lowest BCUT2D eigenvalue weighted by atomic mass is 10.1. The van der Waals surface area contributed by atoms with E-state index in [1.165, 1.54) is 0 Å². The van der Waals surface area contributed by atoms with Gasteiger partial charge in [-0.2, -0.15) is 0 Å². The van der Waals surface area contributed by atoms with E-state index in [2.05, 4.69) is 32.0 Å². The highest BCUT2D eigenvalue weighted by Crippen LogP contribution is 2.33. The molecule has 1 aromatic carbocycles. The maximum Gasteiger partial charge on any atom is 0.116 e. The van der Waals surface area contributed by atoms with Crippen molar-refractivity contribution in [2.24, 2.45) is 5.73 Å². The van der Waals surface area contributed by atoms with E-state index in [1.54, 1.807) is 24.3 Å². The highest BCUT2D eigenvalue weighted by Gasteiger charge is 2.06. The fraction of sp³-hybridized carbons (Fsp3) is 0.167. The van der Waals surface area contributed by atoms with Crippen LogP contribution in [0.1, 0.15) is 18.5 Å². The monoisotopic (exact) mass is 309 g/mol. The van der Waals surface area contributed by atoms with Gasteiger partial charge < -0.3 is 5.73 Å². The van der Waals surface area contributed by atoms with Gasteiger partial charge in [0.25, 0.3) is 0 Å². The molecule has 3 nitrogen and oxygen atoms in total. The molecule has 1 aromatic heterocycles. The van der Waals surface area contributed by atoms with Gasteiger partial charge in [-0.3, -0.25) is 0 Å². The van der Waals surface area contributed by atoms with Crippen molar-refractivity contribution in [1.82, 2.24) is 9.97 Å². The Bertz CT molecular complexity index is 502. The first-order valence-corrected chi connectivity index (χ1v) is 6.76. The highest BCUT2D eigenvalue weighted by atomic mass is 79.9. The number of nitrogens with zero attached hydrogens (tertiary/aromatic N) is 2. The van der Waals surface area contributed by atoms with Crippen LogP contribution < -0.4 is 5.73 Å². The summed E-state index contributed by atoms with van der Waals surface area (Å²) < 4.78 is 1.04. The molecule has 0 fully saturated rings. The first kappa shape index (κ1) is 12.5. The van der Waals surface area contributed by atoms with E-state index in [0.29, 0.717) is 0 Å². The number of rotatable bonds is 3. The summed E-state index contributed by atoms with van der Waals surface area (Å²) in [5.41, 5.74) is 6.95. The minimum atomic E-state index is 0.0457. The Hall–Kier alpha value is -0.910. The second kappa shape index (κ2) is 5.62. The van der Waals surface area contributed by atoms with Crippen molar-refractivity contribution in [3.63, 3.8) is 0 Å². The SMILES string of the molecule is C[C@H](N)c1ccc(Sc2ccncn2)c(Br)c1. The van der Waals surface area contributed by atoms with Gasteiger partial charge in [-0.1, -0.05) is 17.8 Å². The van der Waals surface area contributed by atoms with Gasteiger partial charge in [-0.15, -0.1) is 0 Å². The van der Waals surface area contributed by atoms with Crippen molar-refractivity contribution in [2.45, 2.75) is 22.9 Å². The summed E-state index contributed by atoms with van der Waals surface area (Å²) in [6, 6.07) is 8.07. The molecule has 0 saturated carbocycles. The van der Waals surface area contributed by atoms with Gasteiger partial charge in [0.2, 0.25) is 0 Å². The predicted octanol–water partition coefficient (Wildman–Crippen LogP) is 3.41. The molecule has 0 aliphatic carbocycles. The Morgan fingerprint density at radius 1 is 1.35 bits per heavy atom. The number of aromatic nitrogens is 2. The van der Waals surface area contributed by atoms with Crippen LogP contribution in [0.25, 0.3) is 0 Å². The Balaban J connectivity index is 2.23. The smallest absolute Gasteiger partial charge is 0.116 e. The van der Waals surface area contributed by atoms with E-state index in [-0.39, 0.29) is 6.04 Å². The molecule has 0 aliphatic heterocycles. The second-order valence-electron chi connectivity index (χ2n) is 3.63. The number of hydrogen-bond donors (Lipinski definition) is 1. The lowest BCUT2D eigenvalue weighted by Crippen LogP contribution is -2.04. The first-order valence-electron chi connectivity index (χ1n) is 5.15. The molecule has 2 N–H and O–H groups in total. The summed E-state index contributed by atoms with van der Waals surface area (Å²) in [5.74, 6) is 0. The topological polar surface area (TPSA) is 51.8 Å². The number of nitrogens with two attached hydrogens (primary N) is 1. The van der Waals surface area contributed by atoms with Crippen molar-refractivity contribution in [1.29, 1.82) is 0 Å². The van der Waals surface area contributed by atoms with Crippen molar-refractivity contribution in [2.75, 3.05) is 0 Å². The fourth-order valence-corrected chi connectivity index (χ4v) is 2.72. The summed E-state index contributed by atoms with van der Waals surface area (Å²) in [4.78, 5) is 9.19. The summed E-state index contributed by atoms with van der Waals surface area (Å²) in [6.07, 6.45) is 3.28. The van der Waals surface area contributed by atoms with Crippen LogP contribution in [0.4, 0.5) is 0 Å². The largest absolute Gasteiger partial charge is 0.324 e. The van der Waals surface area contributed by atoms with Gasteiger partial charge in [0.05, 0.1) is 0 Å². The molecule has 2 rings (SSSR count). The average molecular weight is 310 g/mol. The molecule has 1 atom stereocenters. The molecule has 0 spiro atoms. The van der Waals surface area contributed by atoms with Gasteiger partial charge in [0.15, 0.2) is 0 Å². The van der Waals surface area contributed by atoms with E-state index in [0.717, 1.165) is 20.0 Å².